The van der Waals surface area contributed by atoms with Crippen LogP contribution in [0.3, 0.4) is 0 Å². The zero-order chi connectivity index (χ0) is 12.9. The third kappa shape index (κ3) is 4.64. The van der Waals surface area contributed by atoms with Gasteiger partial charge < -0.3 is 13.8 Å². The summed E-state index contributed by atoms with van der Waals surface area (Å²) in [4.78, 5) is 11.4. The van der Waals surface area contributed by atoms with Crippen molar-refractivity contribution in [3.8, 4) is 0 Å². The summed E-state index contributed by atoms with van der Waals surface area (Å²) < 4.78 is 27.5. The van der Waals surface area contributed by atoms with Crippen molar-refractivity contribution < 1.29 is 23.1 Å². The van der Waals surface area contributed by atoms with Crippen molar-refractivity contribution in [1.29, 1.82) is 0 Å². The van der Waals surface area contributed by atoms with E-state index < -0.39 is 19.2 Å². The summed E-state index contributed by atoms with van der Waals surface area (Å²) in [7, 11) is -2.23. The topological polar surface area (TPSA) is 61.8 Å². The molecule has 0 spiro atoms. The molecule has 0 unspecified atom stereocenters. The second kappa shape index (κ2) is 6.38. The van der Waals surface area contributed by atoms with Gasteiger partial charge in [0.05, 0.1) is 19.3 Å². The van der Waals surface area contributed by atoms with Crippen molar-refractivity contribution in [2.45, 2.75) is 52.5 Å². The molecule has 16 heavy (non-hydrogen) atoms. The Morgan fingerprint density at radius 2 is 1.38 bits per heavy atom. The predicted molar refractivity (Wildman–Crippen MR) is 61.5 cm³/mol. The number of methoxy groups -OCH3 is 1. The first-order chi connectivity index (χ1) is 7.23. The molecule has 0 saturated heterocycles. The zero-order valence-electron chi connectivity index (χ0n) is 10.7. The highest BCUT2D eigenvalue weighted by molar-refractivity contribution is 7.55. The molecule has 0 aromatic rings. The van der Waals surface area contributed by atoms with Crippen molar-refractivity contribution in [3.63, 3.8) is 0 Å². The standard InChI is InChI=1S/C10H21O5P/c1-7(2)14-16(12,15-8(3)4)9(5)10(11)13-6/h7-9H,1-6H3/t9-/m0/s1. The maximum absolute atomic E-state index is 12.4. The molecule has 0 aromatic heterocycles. The number of ether oxygens (including phenoxy) is 1. The first-order valence-electron chi connectivity index (χ1n) is 5.27. The van der Waals surface area contributed by atoms with E-state index in [1.54, 1.807) is 27.7 Å². The Bertz CT molecular complexity index is 260. The van der Waals surface area contributed by atoms with E-state index in [4.69, 9.17) is 9.05 Å². The Hall–Kier alpha value is -0.380. The van der Waals surface area contributed by atoms with Gasteiger partial charge in [0.1, 0.15) is 0 Å². The molecular weight excluding hydrogens is 231 g/mol. The van der Waals surface area contributed by atoms with Crippen LogP contribution in [0.5, 0.6) is 0 Å². The molecule has 0 N–H and O–H groups in total. The molecule has 0 radical (unpaired) electrons. The van der Waals surface area contributed by atoms with Crippen LogP contribution < -0.4 is 0 Å². The Morgan fingerprint density at radius 1 is 1.00 bits per heavy atom. The predicted octanol–water partition coefficient (Wildman–Crippen LogP) is 2.59. The molecule has 0 rings (SSSR count). The van der Waals surface area contributed by atoms with E-state index in [0.29, 0.717) is 0 Å². The minimum atomic E-state index is -3.47. The maximum atomic E-state index is 12.4. The highest BCUT2D eigenvalue weighted by atomic mass is 31.2. The highest BCUT2D eigenvalue weighted by Crippen LogP contribution is 2.55. The van der Waals surface area contributed by atoms with E-state index in [0.717, 1.165) is 0 Å². The zero-order valence-corrected chi connectivity index (χ0v) is 11.6. The van der Waals surface area contributed by atoms with Crippen LogP contribution in [0.25, 0.3) is 0 Å². The second-order valence-electron chi connectivity index (χ2n) is 4.05. The first-order valence-corrected chi connectivity index (χ1v) is 6.88. The van der Waals surface area contributed by atoms with Crippen molar-refractivity contribution in [2.24, 2.45) is 0 Å². The van der Waals surface area contributed by atoms with Crippen LogP contribution in [0, 0.1) is 0 Å². The van der Waals surface area contributed by atoms with Gasteiger partial charge >= 0.3 is 13.6 Å². The summed E-state index contributed by atoms with van der Waals surface area (Å²) in [6.45, 7) is 8.43. The third-order valence-corrected chi connectivity index (χ3v) is 4.32. The molecule has 6 heteroatoms. The third-order valence-electron chi connectivity index (χ3n) is 1.73. The second-order valence-corrected chi connectivity index (χ2v) is 6.32. The minimum Gasteiger partial charge on any atom is -0.468 e. The molecule has 5 nitrogen and oxygen atoms in total. The lowest BCUT2D eigenvalue weighted by molar-refractivity contribution is -0.140. The van der Waals surface area contributed by atoms with E-state index in [9.17, 15) is 9.36 Å². The number of rotatable bonds is 6. The maximum Gasteiger partial charge on any atom is 0.345 e. The van der Waals surface area contributed by atoms with Crippen LogP contribution in [0.15, 0.2) is 0 Å². The summed E-state index contributed by atoms with van der Waals surface area (Å²) in [6, 6.07) is 0. The largest absolute Gasteiger partial charge is 0.468 e. The van der Waals surface area contributed by atoms with E-state index in [2.05, 4.69) is 4.74 Å². The summed E-state index contributed by atoms with van der Waals surface area (Å²) in [5, 5.41) is 0. The molecule has 0 saturated carbocycles. The molecule has 96 valence electrons. The first kappa shape index (κ1) is 15.6. The van der Waals surface area contributed by atoms with E-state index >= 15 is 0 Å². The van der Waals surface area contributed by atoms with Crippen molar-refractivity contribution in [3.05, 3.63) is 0 Å². The van der Waals surface area contributed by atoms with Gasteiger partial charge in [-0.1, -0.05) is 0 Å². The lowest BCUT2D eigenvalue weighted by Crippen LogP contribution is -2.24. The fourth-order valence-electron chi connectivity index (χ4n) is 1.09. The monoisotopic (exact) mass is 252 g/mol. The normalized spacial score (nSPS) is 14.2. The molecule has 0 aliphatic carbocycles. The van der Waals surface area contributed by atoms with Gasteiger partial charge in [0.25, 0.3) is 0 Å². The number of hydrogen-bond acceptors (Lipinski definition) is 5. The lowest BCUT2D eigenvalue weighted by atomic mass is 10.5. The molecule has 0 heterocycles. The molecule has 0 aliphatic heterocycles. The Morgan fingerprint density at radius 3 is 1.62 bits per heavy atom. The summed E-state index contributed by atoms with van der Waals surface area (Å²) >= 11 is 0. The van der Waals surface area contributed by atoms with E-state index in [1.807, 2.05) is 0 Å². The average Bonchev–Trinajstić information content (AvgIpc) is 2.12. The van der Waals surface area contributed by atoms with Crippen LogP contribution in [0.1, 0.15) is 34.6 Å². The van der Waals surface area contributed by atoms with Gasteiger partial charge in [-0.25, -0.2) is 0 Å². The minimum absolute atomic E-state index is 0.281. The number of esters is 1. The highest BCUT2D eigenvalue weighted by Gasteiger charge is 2.40. The van der Waals surface area contributed by atoms with Gasteiger partial charge in [-0.2, -0.15) is 0 Å². The number of carbonyl (C=O) groups excluding carboxylic acids is 1. The van der Waals surface area contributed by atoms with E-state index in [-0.39, 0.29) is 12.2 Å². The Balaban J connectivity index is 4.91. The molecular formula is C10H21O5P. The molecule has 0 aliphatic rings. The fraction of sp³-hybridized carbons (Fsp3) is 0.900. The van der Waals surface area contributed by atoms with Crippen LogP contribution in [-0.4, -0.2) is 30.9 Å². The van der Waals surface area contributed by atoms with Crippen LogP contribution in [0.2, 0.25) is 0 Å². The molecule has 1 atom stereocenters. The lowest BCUT2D eigenvalue weighted by Gasteiger charge is -2.26. The summed E-state index contributed by atoms with van der Waals surface area (Å²) in [5.74, 6) is -0.593. The number of carbonyl (C=O) groups is 1. The Labute approximate surface area is 97.0 Å². The number of hydrogen-bond donors (Lipinski definition) is 0. The molecule has 0 fully saturated rings. The Kier molecular flexibility index (Phi) is 6.23. The SMILES string of the molecule is COC(=O)[C@H](C)P(=O)(OC(C)C)OC(C)C. The van der Waals surface area contributed by atoms with Gasteiger partial charge in [0.15, 0.2) is 5.66 Å². The van der Waals surface area contributed by atoms with Crippen molar-refractivity contribution >= 4 is 13.6 Å². The van der Waals surface area contributed by atoms with Gasteiger partial charge in [-0.15, -0.1) is 0 Å². The quantitative estimate of drug-likeness (QED) is 0.537. The van der Waals surface area contributed by atoms with Crippen LogP contribution in [0.4, 0.5) is 0 Å². The fourth-order valence-corrected chi connectivity index (χ4v) is 3.05. The van der Waals surface area contributed by atoms with E-state index in [1.165, 1.54) is 14.0 Å². The van der Waals surface area contributed by atoms with Crippen molar-refractivity contribution in [1.82, 2.24) is 0 Å². The smallest absolute Gasteiger partial charge is 0.345 e. The van der Waals surface area contributed by atoms with Crippen molar-refractivity contribution in [2.75, 3.05) is 7.11 Å². The van der Waals surface area contributed by atoms with Gasteiger partial charge in [0.2, 0.25) is 0 Å². The molecule has 0 amide bonds. The van der Waals surface area contributed by atoms with Crippen LogP contribution >= 0.6 is 7.60 Å². The van der Waals surface area contributed by atoms with Gasteiger partial charge in [0, 0.05) is 0 Å². The van der Waals surface area contributed by atoms with Gasteiger partial charge in [-0.3, -0.25) is 9.36 Å². The summed E-state index contributed by atoms with van der Waals surface area (Å²) in [6.07, 6.45) is -0.562. The van der Waals surface area contributed by atoms with Crippen LogP contribution in [-0.2, 0) is 23.1 Å². The molecule has 0 bridgehead atoms. The molecule has 0 aromatic carbocycles. The average molecular weight is 252 g/mol. The van der Waals surface area contributed by atoms with Gasteiger partial charge in [-0.05, 0) is 34.6 Å². The summed E-state index contributed by atoms with van der Waals surface area (Å²) in [5.41, 5.74) is -0.915.